The van der Waals surface area contributed by atoms with Crippen molar-refractivity contribution in [2.75, 3.05) is 5.75 Å². The third kappa shape index (κ3) is 5.19. The third-order valence-electron chi connectivity index (χ3n) is 2.91. The topological polar surface area (TPSA) is 54.4 Å². The molecule has 0 aliphatic heterocycles. The van der Waals surface area contributed by atoms with Gasteiger partial charge in [-0.25, -0.2) is 8.42 Å². The predicted octanol–water partition coefficient (Wildman–Crippen LogP) is 2.79. The van der Waals surface area contributed by atoms with Gasteiger partial charge in [-0.15, -0.1) is 0 Å². The lowest BCUT2D eigenvalue weighted by molar-refractivity contribution is 0.182. The average molecular weight is 270 g/mol. The van der Waals surface area contributed by atoms with Gasteiger partial charge in [-0.1, -0.05) is 50.8 Å². The summed E-state index contributed by atoms with van der Waals surface area (Å²) in [5.41, 5.74) is 0. The molecule has 0 aromatic heterocycles. The minimum atomic E-state index is -3.35. The van der Waals surface area contributed by atoms with Crippen LogP contribution in [0.15, 0.2) is 35.2 Å². The Hall–Kier alpha value is -0.870. The predicted molar refractivity (Wildman–Crippen MR) is 73.3 cm³/mol. The molecule has 0 amide bonds. The van der Waals surface area contributed by atoms with Gasteiger partial charge in [0.25, 0.3) is 0 Å². The summed E-state index contributed by atoms with van der Waals surface area (Å²) in [6.45, 7) is 2.12. The van der Waals surface area contributed by atoms with E-state index in [-0.39, 0.29) is 10.6 Å². The lowest BCUT2D eigenvalue weighted by atomic mass is 10.1. The van der Waals surface area contributed by atoms with Crippen LogP contribution in [0, 0.1) is 0 Å². The van der Waals surface area contributed by atoms with Gasteiger partial charge >= 0.3 is 0 Å². The van der Waals surface area contributed by atoms with Crippen molar-refractivity contribution in [3.63, 3.8) is 0 Å². The van der Waals surface area contributed by atoms with E-state index in [1.807, 2.05) is 0 Å². The Bertz CT molecular complexity index is 426. The van der Waals surface area contributed by atoms with Crippen LogP contribution in [0.5, 0.6) is 0 Å². The van der Waals surface area contributed by atoms with Crippen molar-refractivity contribution < 1.29 is 13.5 Å². The summed E-state index contributed by atoms with van der Waals surface area (Å²) in [7, 11) is -3.35. The largest absolute Gasteiger partial charge is 0.392 e. The van der Waals surface area contributed by atoms with Gasteiger partial charge in [-0.05, 0) is 18.6 Å². The Morgan fingerprint density at radius 1 is 1.11 bits per heavy atom. The number of hydrogen-bond donors (Lipinski definition) is 1. The molecule has 0 fully saturated rings. The molecule has 1 rings (SSSR count). The molecule has 0 heterocycles. The minimum absolute atomic E-state index is 0.177. The summed E-state index contributed by atoms with van der Waals surface area (Å²) in [5.74, 6) is -0.177. The maximum Gasteiger partial charge on any atom is 0.180 e. The molecule has 102 valence electrons. The van der Waals surface area contributed by atoms with Crippen molar-refractivity contribution in [2.45, 2.75) is 50.0 Å². The standard InChI is InChI=1S/C14H22O3S/c1-2-3-4-6-9-13(15)12-18(16,17)14-10-7-5-8-11-14/h5,7-8,10-11,13,15H,2-4,6,9,12H2,1H3/t13-/m1/s1. The molecule has 0 aliphatic carbocycles. The van der Waals surface area contributed by atoms with Gasteiger partial charge < -0.3 is 5.11 Å². The van der Waals surface area contributed by atoms with Crippen molar-refractivity contribution in [1.82, 2.24) is 0 Å². The van der Waals surface area contributed by atoms with Crippen LogP contribution in [0.3, 0.4) is 0 Å². The van der Waals surface area contributed by atoms with Crippen LogP contribution in [0.4, 0.5) is 0 Å². The van der Waals surface area contributed by atoms with E-state index < -0.39 is 15.9 Å². The highest BCUT2D eigenvalue weighted by atomic mass is 32.2. The smallest absolute Gasteiger partial charge is 0.180 e. The number of benzene rings is 1. The molecule has 18 heavy (non-hydrogen) atoms. The van der Waals surface area contributed by atoms with Gasteiger partial charge in [-0.2, -0.15) is 0 Å². The molecule has 0 spiro atoms. The van der Waals surface area contributed by atoms with Gasteiger partial charge in [0.05, 0.1) is 16.8 Å². The second-order valence-electron chi connectivity index (χ2n) is 4.60. The second kappa shape index (κ2) is 7.54. The molecule has 0 saturated heterocycles. The molecule has 4 heteroatoms. The number of aliphatic hydroxyl groups is 1. The fraction of sp³-hybridized carbons (Fsp3) is 0.571. The molecular formula is C14H22O3S. The fourth-order valence-electron chi connectivity index (χ4n) is 1.87. The van der Waals surface area contributed by atoms with E-state index in [0.717, 1.165) is 25.7 Å². The van der Waals surface area contributed by atoms with Gasteiger partial charge in [0, 0.05) is 0 Å². The van der Waals surface area contributed by atoms with Gasteiger partial charge in [0.1, 0.15) is 0 Å². The van der Waals surface area contributed by atoms with Crippen molar-refractivity contribution in [3.8, 4) is 0 Å². The maximum absolute atomic E-state index is 12.0. The Morgan fingerprint density at radius 3 is 2.39 bits per heavy atom. The monoisotopic (exact) mass is 270 g/mol. The third-order valence-corrected chi connectivity index (χ3v) is 4.72. The van der Waals surface area contributed by atoms with Gasteiger partial charge in [-0.3, -0.25) is 0 Å². The molecule has 0 aliphatic rings. The normalized spacial score (nSPS) is 13.4. The number of hydrogen-bond acceptors (Lipinski definition) is 3. The van der Waals surface area contributed by atoms with Crippen molar-refractivity contribution in [2.24, 2.45) is 0 Å². The lowest BCUT2D eigenvalue weighted by Crippen LogP contribution is -2.20. The van der Waals surface area contributed by atoms with Crippen LogP contribution in [-0.2, 0) is 9.84 Å². The first kappa shape index (κ1) is 15.2. The van der Waals surface area contributed by atoms with Crippen LogP contribution >= 0.6 is 0 Å². The molecular weight excluding hydrogens is 248 g/mol. The first-order valence-corrected chi connectivity index (χ1v) is 8.17. The van der Waals surface area contributed by atoms with E-state index >= 15 is 0 Å². The summed E-state index contributed by atoms with van der Waals surface area (Å²) in [6.07, 6.45) is 4.02. The number of aliphatic hydroxyl groups excluding tert-OH is 1. The van der Waals surface area contributed by atoms with Crippen molar-refractivity contribution in [1.29, 1.82) is 0 Å². The summed E-state index contributed by atoms with van der Waals surface area (Å²) in [5, 5.41) is 9.77. The van der Waals surface area contributed by atoms with E-state index in [9.17, 15) is 13.5 Å². The van der Waals surface area contributed by atoms with E-state index in [1.54, 1.807) is 30.3 Å². The van der Waals surface area contributed by atoms with E-state index in [2.05, 4.69) is 6.92 Å². The summed E-state index contributed by atoms with van der Waals surface area (Å²) in [4.78, 5) is 0.289. The molecule has 0 saturated carbocycles. The highest BCUT2D eigenvalue weighted by Crippen LogP contribution is 2.14. The molecule has 0 unspecified atom stereocenters. The van der Waals surface area contributed by atoms with Crippen LogP contribution in [0.2, 0.25) is 0 Å². The van der Waals surface area contributed by atoms with Gasteiger partial charge in [0.2, 0.25) is 0 Å². The lowest BCUT2D eigenvalue weighted by Gasteiger charge is -2.11. The van der Waals surface area contributed by atoms with E-state index in [1.165, 1.54) is 0 Å². The molecule has 0 bridgehead atoms. The Kier molecular flexibility index (Phi) is 6.36. The molecule has 0 radical (unpaired) electrons. The average Bonchev–Trinajstić information content (AvgIpc) is 2.35. The zero-order chi connectivity index (χ0) is 13.4. The summed E-state index contributed by atoms with van der Waals surface area (Å²) in [6, 6.07) is 8.31. The number of sulfone groups is 1. The molecule has 1 aromatic rings. The second-order valence-corrected chi connectivity index (χ2v) is 6.63. The number of rotatable bonds is 8. The van der Waals surface area contributed by atoms with Gasteiger partial charge in [0.15, 0.2) is 9.84 Å². The highest BCUT2D eigenvalue weighted by molar-refractivity contribution is 7.91. The molecule has 1 aromatic carbocycles. The summed E-state index contributed by atoms with van der Waals surface area (Å²) < 4.78 is 23.9. The highest BCUT2D eigenvalue weighted by Gasteiger charge is 2.18. The Morgan fingerprint density at radius 2 is 1.78 bits per heavy atom. The molecule has 1 atom stereocenters. The van der Waals surface area contributed by atoms with Crippen LogP contribution in [0.25, 0.3) is 0 Å². The maximum atomic E-state index is 12.0. The Labute approximate surface area is 110 Å². The van der Waals surface area contributed by atoms with Crippen LogP contribution in [0.1, 0.15) is 39.0 Å². The molecule has 1 N–H and O–H groups in total. The summed E-state index contributed by atoms with van der Waals surface area (Å²) >= 11 is 0. The number of unbranched alkanes of at least 4 members (excludes halogenated alkanes) is 3. The van der Waals surface area contributed by atoms with Crippen LogP contribution in [-0.4, -0.2) is 25.4 Å². The fourth-order valence-corrected chi connectivity index (χ4v) is 3.30. The van der Waals surface area contributed by atoms with E-state index in [4.69, 9.17) is 0 Å². The zero-order valence-corrected chi connectivity index (χ0v) is 11.7. The van der Waals surface area contributed by atoms with Crippen molar-refractivity contribution in [3.05, 3.63) is 30.3 Å². The SMILES string of the molecule is CCCCCC[C@@H](O)CS(=O)(=O)c1ccccc1. The van der Waals surface area contributed by atoms with Crippen LogP contribution < -0.4 is 0 Å². The first-order valence-electron chi connectivity index (χ1n) is 6.52. The zero-order valence-electron chi connectivity index (χ0n) is 10.9. The first-order chi connectivity index (χ1) is 8.56. The quantitative estimate of drug-likeness (QED) is 0.739. The molecule has 3 nitrogen and oxygen atoms in total. The van der Waals surface area contributed by atoms with Crippen molar-refractivity contribution >= 4 is 9.84 Å². The van der Waals surface area contributed by atoms with E-state index in [0.29, 0.717) is 6.42 Å². The Balaban J connectivity index is 2.46. The minimum Gasteiger partial charge on any atom is -0.392 e.